The van der Waals surface area contributed by atoms with E-state index in [4.69, 9.17) is 5.84 Å². The van der Waals surface area contributed by atoms with Crippen LogP contribution in [0.15, 0.2) is 0 Å². The zero-order valence-corrected chi connectivity index (χ0v) is 6.76. The maximum Gasteiger partial charge on any atom is 0.329 e. The van der Waals surface area contributed by atoms with E-state index in [0.29, 0.717) is 0 Å². The number of urea groups is 1. The van der Waals surface area contributed by atoms with Crippen molar-refractivity contribution < 1.29 is 4.79 Å². The number of carbonyl (C=O) groups is 1. The van der Waals surface area contributed by atoms with Crippen molar-refractivity contribution >= 4 is 6.03 Å². The van der Waals surface area contributed by atoms with Crippen molar-refractivity contribution in [2.75, 3.05) is 0 Å². The first-order chi connectivity index (χ1) is 5.22. The third-order valence-corrected chi connectivity index (χ3v) is 1.89. The zero-order valence-electron chi connectivity index (χ0n) is 6.76. The minimum Gasteiger partial charge on any atom is -0.335 e. The lowest BCUT2D eigenvalue weighted by molar-refractivity contribution is 0.237. The summed E-state index contributed by atoms with van der Waals surface area (Å²) in [7, 11) is 0. The van der Waals surface area contributed by atoms with E-state index in [1.807, 2.05) is 12.3 Å². The van der Waals surface area contributed by atoms with Gasteiger partial charge in [-0.3, -0.25) is 5.43 Å². The molecule has 1 unspecified atom stereocenters. The molecule has 0 heterocycles. The molecule has 0 spiro atoms. The van der Waals surface area contributed by atoms with Gasteiger partial charge in [-0.15, -0.1) is 0 Å². The van der Waals surface area contributed by atoms with Gasteiger partial charge in [-0.05, 0) is 19.3 Å². The lowest BCUT2D eigenvalue weighted by Gasteiger charge is -2.11. The van der Waals surface area contributed by atoms with Gasteiger partial charge in [-0.2, -0.15) is 0 Å². The zero-order chi connectivity index (χ0) is 8.27. The molecule has 1 saturated carbocycles. The monoisotopic (exact) mass is 157 g/mol. The van der Waals surface area contributed by atoms with Crippen molar-refractivity contribution in [2.45, 2.75) is 32.2 Å². The summed E-state index contributed by atoms with van der Waals surface area (Å²) in [6.45, 7) is 1.99. The highest BCUT2D eigenvalue weighted by Crippen LogP contribution is 2.33. The van der Waals surface area contributed by atoms with Crippen LogP contribution < -0.4 is 16.6 Å². The van der Waals surface area contributed by atoms with Crippen molar-refractivity contribution in [3.63, 3.8) is 0 Å². The first-order valence-corrected chi connectivity index (χ1v) is 3.99. The van der Waals surface area contributed by atoms with Crippen LogP contribution in [0.25, 0.3) is 0 Å². The van der Waals surface area contributed by atoms with Gasteiger partial charge in [0.1, 0.15) is 0 Å². The van der Waals surface area contributed by atoms with Gasteiger partial charge in [0.2, 0.25) is 0 Å². The van der Waals surface area contributed by atoms with E-state index in [1.165, 1.54) is 12.8 Å². The Bertz CT molecular complexity index is 145. The third kappa shape index (κ3) is 3.23. The first kappa shape index (κ1) is 8.33. The summed E-state index contributed by atoms with van der Waals surface area (Å²) >= 11 is 0. The second kappa shape index (κ2) is 3.57. The molecule has 1 aliphatic carbocycles. The molecular weight excluding hydrogens is 142 g/mol. The van der Waals surface area contributed by atoms with E-state index in [2.05, 4.69) is 5.32 Å². The molecule has 0 aromatic carbocycles. The average molecular weight is 157 g/mol. The van der Waals surface area contributed by atoms with Gasteiger partial charge in [0.25, 0.3) is 0 Å². The minimum absolute atomic E-state index is 0.242. The van der Waals surface area contributed by atoms with Crippen molar-refractivity contribution in [1.29, 1.82) is 0 Å². The Hall–Kier alpha value is -0.770. The van der Waals surface area contributed by atoms with Crippen LogP contribution in [0.5, 0.6) is 0 Å². The van der Waals surface area contributed by atoms with Gasteiger partial charge >= 0.3 is 6.03 Å². The Kier molecular flexibility index (Phi) is 2.70. The minimum atomic E-state index is -0.293. The molecule has 2 amide bonds. The number of carbonyl (C=O) groups excluding carboxylic acids is 1. The summed E-state index contributed by atoms with van der Waals surface area (Å²) in [5.41, 5.74) is 2.04. The summed E-state index contributed by atoms with van der Waals surface area (Å²) in [5.74, 6) is 5.74. The van der Waals surface area contributed by atoms with Crippen LogP contribution in [0.2, 0.25) is 0 Å². The number of amides is 2. The number of hydrazine groups is 1. The topological polar surface area (TPSA) is 67.2 Å². The van der Waals surface area contributed by atoms with Crippen LogP contribution in [0.3, 0.4) is 0 Å². The van der Waals surface area contributed by atoms with Gasteiger partial charge < -0.3 is 5.32 Å². The van der Waals surface area contributed by atoms with Crippen LogP contribution in [0.1, 0.15) is 26.2 Å². The molecule has 0 bridgehead atoms. The quantitative estimate of drug-likeness (QED) is 0.314. The molecule has 0 aliphatic heterocycles. The van der Waals surface area contributed by atoms with Gasteiger partial charge in [-0.25, -0.2) is 10.6 Å². The highest BCUT2D eigenvalue weighted by atomic mass is 16.2. The molecule has 0 radical (unpaired) electrons. The van der Waals surface area contributed by atoms with E-state index in [1.54, 1.807) is 0 Å². The van der Waals surface area contributed by atoms with Gasteiger partial charge in [0.15, 0.2) is 0 Å². The van der Waals surface area contributed by atoms with E-state index >= 15 is 0 Å². The highest BCUT2D eigenvalue weighted by molar-refractivity contribution is 5.73. The molecule has 1 atom stereocenters. The van der Waals surface area contributed by atoms with E-state index in [-0.39, 0.29) is 12.1 Å². The van der Waals surface area contributed by atoms with E-state index < -0.39 is 0 Å². The molecule has 1 aliphatic rings. The Morgan fingerprint density at radius 2 is 2.36 bits per heavy atom. The van der Waals surface area contributed by atoms with Crippen LogP contribution in [0.4, 0.5) is 4.79 Å². The third-order valence-electron chi connectivity index (χ3n) is 1.89. The summed E-state index contributed by atoms with van der Waals surface area (Å²) < 4.78 is 0. The molecule has 4 N–H and O–H groups in total. The van der Waals surface area contributed by atoms with Crippen LogP contribution in [0, 0.1) is 5.92 Å². The van der Waals surface area contributed by atoms with Crippen molar-refractivity contribution in [2.24, 2.45) is 11.8 Å². The molecule has 1 fully saturated rings. The van der Waals surface area contributed by atoms with Gasteiger partial charge in [0, 0.05) is 6.04 Å². The lowest BCUT2D eigenvalue weighted by atomic mass is 10.2. The van der Waals surface area contributed by atoms with Crippen molar-refractivity contribution in [3.8, 4) is 0 Å². The summed E-state index contributed by atoms with van der Waals surface area (Å²) in [6, 6.07) is -0.0517. The molecular formula is C7H15N3O. The van der Waals surface area contributed by atoms with Crippen LogP contribution >= 0.6 is 0 Å². The van der Waals surface area contributed by atoms with Gasteiger partial charge in [0.05, 0.1) is 0 Å². The second-order valence-electron chi connectivity index (χ2n) is 3.20. The lowest BCUT2D eigenvalue weighted by Crippen LogP contribution is -2.44. The summed E-state index contributed by atoms with van der Waals surface area (Å²) in [4.78, 5) is 10.7. The number of hydrogen-bond acceptors (Lipinski definition) is 2. The standard InChI is InChI=1S/C7H15N3O/c1-5(4-6-2-3-6)9-7(11)10-8/h5-6H,2-4,8H2,1H3,(H2,9,10,11). The molecule has 64 valence electrons. The predicted octanol–water partition coefficient (Wildman–Crippen LogP) is 0.348. The van der Waals surface area contributed by atoms with E-state index in [0.717, 1.165) is 12.3 Å². The maximum atomic E-state index is 10.7. The SMILES string of the molecule is CC(CC1CC1)NC(=O)NN. The normalized spacial score (nSPS) is 19.1. The average Bonchev–Trinajstić information content (AvgIpc) is 2.71. The van der Waals surface area contributed by atoms with Crippen molar-refractivity contribution in [3.05, 3.63) is 0 Å². The Morgan fingerprint density at radius 3 is 2.82 bits per heavy atom. The molecule has 0 aromatic rings. The van der Waals surface area contributed by atoms with E-state index in [9.17, 15) is 4.79 Å². The first-order valence-electron chi connectivity index (χ1n) is 3.99. The smallest absolute Gasteiger partial charge is 0.329 e. The Balaban J connectivity index is 2.08. The number of hydrogen-bond donors (Lipinski definition) is 3. The predicted molar refractivity (Wildman–Crippen MR) is 42.7 cm³/mol. The largest absolute Gasteiger partial charge is 0.335 e. The number of nitrogens with one attached hydrogen (secondary N) is 2. The molecule has 1 rings (SSSR count). The maximum absolute atomic E-state index is 10.7. The molecule has 11 heavy (non-hydrogen) atoms. The molecule has 0 saturated heterocycles. The highest BCUT2D eigenvalue weighted by Gasteiger charge is 2.23. The van der Waals surface area contributed by atoms with Crippen LogP contribution in [-0.4, -0.2) is 12.1 Å². The molecule has 0 aromatic heterocycles. The summed E-state index contributed by atoms with van der Waals surface area (Å²) in [6.07, 6.45) is 3.71. The fourth-order valence-electron chi connectivity index (χ4n) is 1.18. The fraction of sp³-hybridized carbons (Fsp3) is 0.857. The molecule has 4 heteroatoms. The van der Waals surface area contributed by atoms with Crippen molar-refractivity contribution in [1.82, 2.24) is 10.7 Å². The summed E-state index contributed by atoms with van der Waals surface area (Å²) in [5, 5.41) is 2.73. The fourth-order valence-corrected chi connectivity index (χ4v) is 1.18. The molecule has 4 nitrogen and oxygen atoms in total. The number of nitrogens with two attached hydrogens (primary N) is 1. The Morgan fingerprint density at radius 1 is 1.73 bits per heavy atom. The Labute approximate surface area is 66.5 Å². The number of rotatable bonds is 3. The van der Waals surface area contributed by atoms with Crippen LogP contribution in [-0.2, 0) is 0 Å². The van der Waals surface area contributed by atoms with Gasteiger partial charge in [-0.1, -0.05) is 12.8 Å². The second-order valence-corrected chi connectivity index (χ2v) is 3.20.